The van der Waals surface area contributed by atoms with Gasteiger partial charge in [-0.2, -0.15) is 0 Å². The first-order chi connectivity index (χ1) is 9.29. The first-order valence-corrected chi connectivity index (χ1v) is 7.35. The minimum Gasteiger partial charge on any atom is -0.320 e. The van der Waals surface area contributed by atoms with Crippen molar-refractivity contribution in [2.24, 2.45) is 5.73 Å². The Labute approximate surface area is 130 Å². The van der Waals surface area contributed by atoms with Crippen LogP contribution < -0.4 is 5.73 Å². The molecule has 0 bridgehead atoms. The van der Waals surface area contributed by atoms with Crippen LogP contribution in [0.2, 0.25) is 10.0 Å². The van der Waals surface area contributed by atoms with Crippen LogP contribution in [0.1, 0.15) is 43.5 Å². The summed E-state index contributed by atoms with van der Waals surface area (Å²) < 4.78 is 0. The van der Waals surface area contributed by atoms with Crippen LogP contribution >= 0.6 is 23.2 Å². The van der Waals surface area contributed by atoms with Crippen molar-refractivity contribution in [1.82, 2.24) is 0 Å². The molecule has 2 rings (SSSR count). The van der Waals surface area contributed by atoms with Gasteiger partial charge in [0, 0.05) is 0 Å². The maximum absolute atomic E-state index is 6.29. The summed E-state index contributed by atoms with van der Waals surface area (Å²) >= 11 is 12.0. The largest absolute Gasteiger partial charge is 0.320 e. The Morgan fingerprint density at radius 3 is 1.90 bits per heavy atom. The molecule has 0 spiro atoms. The number of rotatable bonds is 2. The van der Waals surface area contributed by atoms with E-state index in [1.165, 1.54) is 5.56 Å². The number of hydrogen-bond acceptors (Lipinski definition) is 1. The van der Waals surface area contributed by atoms with Crippen molar-refractivity contribution >= 4 is 23.2 Å². The molecule has 2 aromatic rings. The number of hydrogen-bond donors (Lipinski definition) is 1. The highest BCUT2D eigenvalue weighted by Gasteiger charge is 2.15. The van der Waals surface area contributed by atoms with E-state index in [-0.39, 0.29) is 11.5 Å². The van der Waals surface area contributed by atoms with Gasteiger partial charge in [0.15, 0.2) is 0 Å². The summed E-state index contributed by atoms with van der Waals surface area (Å²) in [5.41, 5.74) is 9.76. The average molecular weight is 308 g/mol. The molecule has 2 N–H and O–H groups in total. The van der Waals surface area contributed by atoms with Crippen molar-refractivity contribution < 1.29 is 0 Å². The van der Waals surface area contributed by atoms with Crippen molar-refractivity contribution in [2.45, 2.75) is 32.2 Å². The molecule has 0 amide bonds. The lowest BCUT2D eigenvalue weighted by atomic mass is 9.86. The van der Waals surface area contributed by atoms with Crippen LogP contribution in [0, 0.1) is 0 Å². The van der Waals surface area contributed by atoms with Crippen LogP contribution in [0.3, 0.4) is 0 Å². The van der Waals surface area contributed by atoms with Gasteiger partial charge in [0.1, 0.15) is 0 Å². The lowest BCUT2D eigenvalue weighted by Gasteiger charge is -2.20. The molecule has 0 aliphatic rings. The lowest BCUT2D eigenvalue weighted by Crippen LogP contribution is -2.14. The van der Waals surface area contributed by atoms with Crippen molar-refractivity contribution in [2.75, 3.05) is 0 Å². The number of nitrogens with two attached hydrogens (primary N) is 1. The molecule has 0 fully saturated rings. The van der Waals surface area contributed by atoms with E-state index in [2.05, 4.69) is 45.0 Å². The molecule has 3 heteroatoms. The second-order valence-corrected chi connectivity index (χ2v) is 6.84. The van der Waals surface area contributed by atoms with E-state index in [0.29, 0.717) is 10.0 Å². The number of benzene rings is 2. The van der Waals surface area contributed by atoms with Gasteiger partial charge in [-0.25, -0.2) is 0 Å². The lowest BCUT2D eigenvalue weighted by molar-refractivity contribution is 0.589. The Bertz CT molecular complexity index is 597. The SMILES string of the molecule is CC(C)(C)c1ccc(C(N)c2ccc(Cl)c(Cl)c2)cc1. The highest BCUT2D eigenvalue weighted by atomic mass is 35.5. The van der Waals surface area contributed by atoms with Gasteiger partial charge in [-0.1, -0.05) is 74.3 Å². The number of halogens is 2. The summed E-state index contributed by atoms with van der Waals surface area (Å²) in [6, 6.07) is 13.7. The predicted molar refractivity (Wildman–Crippen MR) is 87.6 cm³/mol. The highest BCUT2D eigenvalue weighted by Crippen LogP contribution is 2.29. The molecular formula is C17H19Cl2N. The zero-order chi connectivity index (χ0) is 14.9. The van der Waals surface area contributed by atoms with Crippen molar-refractivity contribution in [3.05, 3.63) is 69.2 Å². The molecule has 106 valence electrons. The van der Waals surface area contributed by atoms with Crippen molar-refractivity contribution in [3.8, 4) is 0 Å². The van der Waals surface area contributed by atoms with Gasteiger partial charge in [0.25, 0.3) is 0 Å². The fraction of sp³-hybridized carbons (Fsp3) is 0.294. The van der Waals surface area contributed by atoms with Gasteiger partial charge >= 0.3 is 0 Å². The van der Waals surface area contributed by atoms with E-state index in [0.717, 1.165) is 11.1 Å². The quantitative estimate of drug-likeness (QED) is 0.796. The van der Waals surface area contributed by atoms with Crippen LogP contribution in [0.15, 0.2) is 42.5 Å². The predicted octanol–water partition coefficient (Wildman–Crippen LogP) is 5.34. The van der Waals surface area contributed by atoms with Gasteiger partial charge in [-0.3, -0.25) is 0 Å². The third kappa shape index (κ3) is 3.35. The van der Waals surface area contributed by atoms with E-state index in [9.17, 15) is 0 Å². The third-order valence-electron chi connectivity index (χ3n) is 3.44. The van der Waals surface area contributed by atoms with Crippen LogP contribution in [0.25, 0.3) is 0 Å². The van der Waals surface area contributed by atoms with E-state index >= 15 is 0 Å². The zero-order valence-corrected chi connectivity index (χ0v) is 13.5. The summed E-state index contributed by atoms with van der Waals surface area (Å²) in [6.07, 6.45) is 0. The smallest absolute Gasteiger partial charge is 0.0595 e. The monoisotopic (exact) mass is 307 g/mol. The highest BCUT2D eigenvalue weighted by molar-refractivity contribution is 6.42. The Kier molecular flexibility index (Phi) is 4.43. The molecule has 2 aromatic carbocycles. The first kappa shape index (κ1) is 15.4. The molecule has 0 radical (unpaired) electrons. The van der Waals surface area contributed by atoms with Crippen LogP contribution in [-0.4, -0.2) is 0 Å². The van der Waals surface area contributed by atoms with Gasteiger partial charge < -0.3 is 5.73 Å². The molecule has 0 aliphatic carbocycles. The van der Waals surface area contributed by atoms with Crippen LogP contribution in [0.4, 0.5) is 0 Å². The topological polar surface area (TPSA) is 26.0 Å². The molecule has 0 aliphatic heterocycles. The van der Waals surface area contributed by atoms with E-state index in [1.54, 1.807) is 6.07 Å². The molecule has 20 heavy (non-hydrogen) atoms. The Morgan fingerprint density at radius 2 is 1.40 bits per heavy atom. The fourth-order valence-corrected chi connectivity index (χ4v) is 2.40. The molecule has 0 heterocycles. The van der Waals surface area contributed by atoms with Gasteiger partial charge in [0.2, 0.25) is 0 Å². The van der Waals surface area contributed by atoms with Gasteiger partial charge in [-0.15, -0.1) is 0 Å². The second-order valence-electron chi connectivity index (χ2n) is 6.02. The van der Waals surface area contributed by atoms with Gasteiger partial charge in [0.05, 0.1) is 16.1 Å². The summed E-state index contributed by atoms with van der Waals surface area (Å²) in [6.45, 7) is 6.59. The summed E-state index contributed by atoms with van der Waals surface area (Å²) in [5, 5.41) is 1.08. The van der Waals surface area contributed by atoms with E-state index < -0.39 is 0 Å². The Balaban J connectivity index is 2.29. The second kappa shape index (κ2) is 5.77. The average Bonchev–Trinajstić information content (AvgIpc) is 2.40. The van der Waals surface area contributed by atoms with Crippen LogP contribution in [-0.2, 0) is 5.41 Å². The summed E-state index contributed by atoms with van der Waals surface area (Å²) in [5.74, 6) is 0. The molecular weight excluding hydrogens is 289 g/mol. The van der Waals surface area contributed by atoms with E-state index in [4.69, 9.17) is 28.9 Å². The summed E-state index contributed by atoms with van der Waals surface area (Å²) in [7, 11) is 0. The molecule has 0 saturated heterocycles. The standard InChI is InChI=1S/C17H19Cl2N/c1-17(2,3)13-7-4-11(5-8-13)16(20)12-6-9-14(18)15(19)10-12/h4-10,16H,20H2,1-3H3. The Hall–Kier alpha value is -1.02. The molecule has 1 unspecified atom stereocenters. The maximum Gasteiger partial charge on any atom is 0.0595 e. The van der Waals surface area contributed by atoms with Crippen molar-refractivity contribution in [1.29, 1.82) is 0 Å². The Morgan fingerprint density at radius 1 is 0.850 bits per heavy atom. The van der Waals surface area contributed by atoms with Gasteiger partial charge in [-0.05, 0) is 34.2 Å². The minimum absolute atomic E-state index is 0.145. The molecule has 0 aromatic heterocycles. The maximum atomic E-state index is 6.29. The fourth-order valence-electron chi connectivity index (χ4n) is 2.09. The normalized spacial score (nSPS) is 13.3. The van der Waals surface area contributed by atoms with Crippen molar-refractivity contribution in [3.63, 3.8) is 0 Å². The molecule has 0 saturated carbocycles. The third-order valence-corrected chi connectivity index (χ3v) is 4.18. The minimum atomic E-state index is -0.196. The van der Waals surface area contributed by atoms with E-state index in [1.807, 2.05) is 12.1 Å². The van der Waals surface area contributed by atoms with Crippen LogP contribution in [0.5, 0.6) is 0 Å². The molecule has 1 nitrogen and oxygen atoms in total. The zero-order valence-electron chi connectivity index (χ0n) is 12.0. The molecule has 1 atom stereocenters. The summed E-state index contributed by atoms with van der Waals surface area (Å²) in [4.78, 5) is 0. The first-order valence-electron chi connectivity index (χ1n) is 6.60.